The SMILES string of the molecule is CCNC(c1coc(C)c1)c1ccc(CC)c(CC)c1. The first-order valence-corrected chi connectivity index (χ1v) is 7.59. The Hall–Kier alpha value is -1.54. The second-order valence-electron chi connectivity index (χ2n) is 5.22. The molecule has 2 heteroatoms. The van der Waals surface area contributed by atoms with Crippen LogP contribution in [0.5, 0.6) is 0 Å². The summed E-state index contributed by atoms with van der Waals surface area (Å²) in [7, 11) is 0. The summed E-state index contributed by atoms with van der Waals surface area (Å²) in [6.07, 6.45) is 4.04. The van der Waals surface area contributed by atoms with Crippen LogP contribution in [-0.4, -0.2) is 6.54 Å². The molecule has 1 unspecified atom stereocenters. The first-order chi connectivity index (χ1) is 9.69. The van der Waals surface area contributed by atoms with Gasteiger partial charge in [-0.05, 0) is 49.1 Å². The Bertz CT molecular complexity index is 556. The van der Waals surface area contributed by atoms with E-state index in [4.69, 9.17) is 4.42 Å². The third-order valence-corrected chi connectivity index (χ3v) is 3.82. The summed E-state index contributed by atoms with van der Waals surface area (Å²) >= 11 is 0. The van der Waals surface area contributed by atoms with Crippen LogP contribution in [0.2, 0.25) is 0 Å². The Balaban J connectivity index is 2.39. The molecule has 1 N–H and O–H groups in total. The third-order valence-electron chi connectivity index (χ3n) is 3.82. The van der Waals surface area contributed by atoms with Crippen molar-refractivity contribution in [1.82, 2.24) is 5.32 Å². The van der Waals surface area contributed by atoms with E-state index in [2.05, 4.69) is 50.4 Å². The third kappa shape index (κ3) is 3.13. The maximum Gasteiger partial charge on any atom is 0.101 e. The molecule has 2 aromatic rings. The number of hydrogen-bond donors (Lipinski definition) is 1. The average molecular weight is 271 g/mol. The Labute approximate surface area is 122 Å². The molecule has 0 amide bonds. The maximum atomic E-state index is 5.47. The number of benzene rings is 1. The summed E-state index contributed by atoms with van der Waals surface area (Å²) in [4.78, 5) is 0. The number of rotatable bonds is 6. The zero-order valence-electron chi connectivity index (χ0n) is 13.0. The van der Waals surface area contributed by atoms with E-state index >= 15 is 0 Å². The molecule has 0 saturated carbocycles. The zero-order chi connectivity index (χ0) is 14.5. The van der Waals surface area contributed by atoms with E-state index in [1.807, 2.05) is 13.2 Å². The van der Waals surface area contributed by atoms with E-state index in [1.165, 1.54) is 22.3 Å². The molecule has 2 nitrogen and oxygen atoms in total. The summed E-state index contributed by atoms with van der Waals surface area (Å²) in [6.45, 7) is 9.51. The summed E-state index contributed by atoms with van der Waals surface area (Å²) in [6, 6.07) is 9.19. The van der Waals surface area contributed by atoms with Crippen LogP contribution in [0.25, 0.3) is 0 Å². The molecule has 1 aromatic carbocycles. The summed E-state index contributed by atoms with van der Waals surface area (Å²) in [5, 5.41) is 3.56. The van der Waals surface area contributed by atoms with Crippen molar-refractivity contribution >= 4 is 0 Å². The first-order valence-electron chi connectivity index (χ1n) is 7.59. The van der Waals surface area contributed by atoms with E-state index in [0.717, 1.165) is 25.1 Å². The second kappa shape index (κ2) is 6.76. The highest BCUT2D eigenvalue weighted by atomic mass is 16.3. The van der Waals surface area contributed by atoms with E-state index in [0.29, 0.717) is 0 Å². The minimum absolute atomic E-state index is 0.216. The molecule has 0 bridgehead atoms. The van der Waals surface area contributed by atoms with Gasteiger partial charge in [0.05, 0.1) is 12.3 Å². The summed E-state index contributed by atoms with van der Waals surface area (Å²) in [5.41, 5.74) is 5.43. The summed E-state index contributed by atoms with van der Waals surface area (Å²) in [5.74, 6) is 0.962. The lowest BCUT2D eigenvalue weighted by atomic mass is 9.94. The van der Waals surface area contributed by atoms with Crippen molar-refractivity contribution in [1.29, 1.82) is 0 Å². The number of furan rings is 1. The highest BCUT2D eigenvalue weighted by Crippen LogP contribution is 2.26. The van der Waals surface area contributed by atoms with Gasteiger partial charge in [-0.3, -0.25) is 0 Å². The smallest absolute Gasteiger partial charge is 0.101 e. The van der Waals surface area contributed by atoms with Crippen molar-refractivity contribution in [3.05, 3.63) is 58.5 Å². The zero-order valence-corrected chi connectivity index (χ0v) is 13.0. The van der Waals surface area contributed by atoms with Crippen LogP contribution in [0.15, 0.2) is 34.9 Å². The molecule has 20 heavy (non-hydrogen) atoms. The van der Waals surface area contributed by atoms with Gasteiger partial charge < -0.3 is 9.73 Å². The fourth-order valence-electron chi connectivity index (χ4n) is 2.75. The van der Waals surface area contributed by atoms with E-state index in [1.54, 1.807) is 0 Å². The van der Waals surface area contributed by atoms with Gasteiger partial charge in [-0.2, -0.15) is 0 Å². The van der Waals surface area contributed by atoms with Crippen LogP contribution in [-0.2, 0) is 12.8 Å². The molecular formula is C18H25NO. The Morgan fingerprint density at radius 3 is 2.30 bits per heavy atom. The number of nitrogens with one attached hydrogen (secondary N) is 1. The maximum absolute atomic E-state index is 5.47. The highest BCUT2D eigenvalue weighted by Gasteiger charge is 2.16. The lowest BCUT2D eigenvalue weighted by Gasteiger charge is -2.19. The van der Waals surface area contributed by atoms with Crippen LogP contribution in [0.1, 0.15) is 54.8 Å². The molecule has 0 saturated heterocycles. The highest BCUT2D eigenvalue weighted by molar-refractivity contribution is 5.38. The molecule has 0 fully saturated rings. The van der Waals surface area contributed by atoms with Gasteiger partial charge in [0, 0.05) is 5.56 Å². The van der Waals surface area contributed by atoms with E-state index in [-0.39, 0.29) is 6.04 Å². The molecule has 0 radical (unpaired) electrons. The van der Waals surface area contributed by atoms with Gasteiger partial charge in [-0.25, -0.2) is 0 Å². The molecule has 1 atom stereocenters. The second-order valence-corrected chi connectivity index (χ2v) is 5.22. The quantitative estimate of drug-likeness (QED) is 0.841. The van der Waals surface area contributed by atoms with Crippen LogP contribution in [0.4, 0.5) is 0 Å². The van der Waals surface area contributed by atoms with Crippen LogP contribution in [0.3, 0.4) is 0 Å². The molecule has 2 rings (SSSR count). The number of aryl methyl sites for hydroxylation is 3. The van der Waals surface area contributed by atoms with Crippen molar-refractivity contribution in [2.24, 2.45) is 0 Å². The largest absolute Gasteiger partial charge is 0.469 e. The minimum Gasteiger partial charge on any atom is -0.469 e. The lowest BCUT2D eigenvalue weighted by molar-refractivity contribution is 0.525. The molecular weight excluding hydrogens is 246 g/mol. The normalized spacial score (nSPS) is 12.6. The van der Waals surface area contributed by atoms with Gasteiger partial charge in [0.1, 0.15) is 5.76 Å². The van der Waals surface area contributed by atoms with Crippen LogP contribution >= 0.6 is 0 Å². The van der Waals surface area contributed by atoms with Crippen LogP contribution < -0.4 is 5.32 Å². The number of hydrogen-bond acceptors (Lipinski definition) is 2. The van der Waals surface area contributed by atoms with Gasteiger partial charge in [0.2, 0.25) is 0 Å². The Morgan fingerprint density at radius 2 is 1.75 bits per heavy atom. The van der Waals surface area contributed by atoms with Crippen molar-refractivity contribution in [2.75, 3.05) is 6.54 Å². The molecule has 0 aliphatic carbocycles. The molecule has 1 heterocycles. The first kappa shape index (κ1) is 14.9. The van der Waals surface area contributed by atoms with Crippen molar-refractivity contribution < 1.29 is 4.42 Å². The predicted octanol–water partition coefficient (Wildman–Crippen LogP) is 4.41. The van der Waals surface area contributed by atoms with Gasteiger partial charge in [0.15, 0.2) is 0 Å². The summed E-state index contributed by atoms with van der Waals surface area (Å²) < 4.78 is 5.47. The lowest BCUT2D eigenvalue weighted by Crippen LogP contribution is -2.21. The molecule has 0 spiro atoms. The Kier molecular flexibility index (Phi) is 5.02. The van der Waals surface area contributed by atoms with E-state index < -0.39 is 0 Å². The molecule has 108 valence electrons. The van der Waals surface area contributed by atoms with Gasteiger partial charge in [0.25, 0.3) is 0 Å². The monoisotopic (exact) mass is 271 g/mol. The topological polar surface area (TPSA) is 25.2 Å². The van der Waals surface area contributed by atoms with E-state index in [9.17, 15) is 0 Å². The Morgan fingerprint density at radius 1 is 1.00 bits per heavy atom. The standard InChI is InChI=1S/C18H25NO/c1-5-14-8-9-16(11-15(14)6-2)18(19-7-3)17-10-13(4)20-12-17/h8-12,18-19H,5-7H2,1-4H3. The molecule has 0 aliphatic rings. The van der Waals surface area contributed by atoms with Crippen molar-refractivity contribution in [3.8, 4) is 0 Å². The van der Waals surface area contributed by atoms with Crippen LogP contribution in [0, 0.1) is 6.92 Å². The minimum atomic E-state index is 0.216. The average Bonchev–Trinajstić information content (AvgIpc) is 2.90. The fraction of sp³-hybridized carbons (Fsp3) is 0.444. The predicted molar refractivity (Wildman–Crippen MR) is 84.2 cm³/mol. The van der Waals surface area contributed by atoms with Gasteiger partial charge in [-0.1, -0.05) is 39.0 Å². The fourth-order valence-corrected chi connectivity index (χ4v) is 2.75. The van der Waals surface area contributed by atoms with Crippen molar-refractivity contribution in [3.63, 3.8) is 0 Å². The molecule has 1 aromatic heterocycles. The molecule has 0 aliphatic heterocycles. The van der Waals surface area contributed by atoms with Crippen molar-refractivity contribution in [2.45, 2.75) is 46.6 Å². The van der Waals surface area contributed by atoms with Gasteiger partial charge >= 0.3 is 0 Å². The van der Waals surface area contributed by atoms with Gasteiger partial charge in [-0.15, -0.1) is 0 Å².